The molecule has 0 spiro atoms. The van der Waals surface area contributed by atoms with Gasteiger partial charge in [-0.05, 0) is 29.3 Å². The fraction of sp³-hybridized carbons (Fsp3) is 0.263. The largest absolute Gasteiger partial charge is 0.334 e. The molecule has 4 rings (SSSR count). The Hall–Kier alpha value is -2.78. The summed E-state index contributed by atoms with van der Waals surface area (Å²) in [5, 5.41) is 2.72. The van der Waals surface area contributed by atoms with Crippen LogP contribution in [0.1, 0.15) is 5.56 Å². The van der Waals surface area contributed by atoms with E-state index in [0.717, 1.165) is 11.1 Å². The van der Waals surface area contributed by atoms with E-state index in [4.69, 9.17) is 0 Å². The molecule has 0 bridgehead atoms. The monoisotopic (exact) mass is 402 g/mol. The average molecular weight is 402 g/mol. The van der Waals surface area contributed by atoms with Crippen LogP contribution in [0.4, 0.5) is 9.18 Å². The van der Waals surface area contributed by atoms with Crippen LogP contribution < -0.4 is 5.32 Å². The maximum Gasteiger partial charge on any atom is 0.318 e. The van der Waals surface area contributed by atoms with Gasteiger partial charge in [0.2, 0.25) is 10.0 Å². The molecule has 0 fully saturated rings. The summed E-state index contributed by atoms with van der Waals surface area (Å²) < 4.78 is 40.5. The van der Waals surface area contributed by atoms with Gasteiger partial charge in [0.05, 0.1) is 0 Å². The van der Waals surface area contributed by atoms with Crippen molar-refractivity contribution < 1.29 is 17.6 Å². The zero-order valence-corrected chi connectivity index (χ0v) is 15.8. The van der Waals surface area contributed by atoms with Crippen molar-refractivity contribution in [2.75, 3.05) is 26.2 Å². The van der Waals surface area contributed by atoms with Gasteiger partial charge in [-0.25, -0.2) is 17.6 Å². The maximum absolute atomic E-state index is 13.7. The minimum Gasteiger partial charge on any atom is -0.334 e. The number of sulfonamides is 1. The Morgan fingerprint density at radius 3 is 2.43 bits per heavy atom. The smallest absolute Gasteiger partial charge is 0.318 e. The van der Waals surface area contributed by atoms with Gasteiger partial charge in [0, 0.05) is 50.7 Å². The predicted molar refractivity (Wildman–Crippen MR) is 100 cm³/mol. The van der Waals surface area contributed by atoms with Crippen molar-refractivity contribution in [1.82, 2.24) is 19.5 Å². The summed E-state index contributed by atoms with van der Waals surface area (Å²) in [4.78, 5) is 18.0. The van der Waals surface area contributed by atoms with E-state index in [2.05, 4.69) is 10.3 Å². The van der Waals surface area contributed by atoms with Crippen molar-refractivity contribution in [3.63, 3.8) is 0 Å². The van der Waals surface area contributed by atoms with Crippen LogP contribution in [0, 0.1) is 5.82 Å². The Labute approximate surface area is 162 Å². The third kappa shape index (κ3) is 3.50. The molecule has 2 aliphatic heterocycles. The van der Waals surface area contributed by atoms with E-state index in [1.807, 2.05) is 0 Å². The summed E-state index contributed by atoms with van der Waals surface area (Å²) in [5.41, 5.74) is 2.30. The fourth-order valence-electron chi connectivity index (χ4n) is 3.43. The van der Waals surface area contributed by atoms with Gasteiger partial charge in [0.15, 0.2) is 0 Å². The summed E-state index contributed by atoms with van der Waals surface area (Å²) in [6.07, 6.45) is 2.86. The highest BCUT2D eigenvalue weighted by Crippen LogP contribution is 2.29. The first-order chi connectivity index (χ1) is 13.4. The Morgan fingerprint density at radius 2 is 1.79 bits per heavy atom. The molecule has 0 saturated carbocycles. The lowest BCUT2D eigenvalue weighted by molar-refractivity contribution is 0.207. The summed E-state index contributed by atoms with van der Waals surface area (Å²) in [5.74, 6) is -0.360. The Kier molecular flexibility index (Phi) is 4.86. The number of carbonyl (C=O) groups excluding carboxylic acids is 1. The number of aromatic nitrogens is 1. The first-order valence-electron chi connectivity index (χ1n) is 8.81. The normalized spacial score (nSPS) is 17.1. The topological polar surface area (TPSA) is 82.6 Å². The first-order valence-corrected chi connectivity index (χ1v) is 10.3. The van der Waals surface area contributed by atoms with E-state index >= 15 is 0 Å². The van der Waals surface area contributed by atoms with E-state index in [1.54, 1.807) is 29.2 Å². The van der Waals surface area contributed by atoms with Crippen LogP contribution in [0.25, 0.3) is 0 Å². The van der Waals surface area contributed by atoms with Crippen LogP contribution in [0.2, 0.25) is 0 Å². The van der Waals surface area contributed by atoms with E-state index < -0.39 is 10.0 Å². The van der Waals surface area contributed by atoms with E-state index in [9.17, 15) is 17.6 Å². The highest BCUT2D eigenvalue weighted by atomic mass is 32.2. The Bertz CT molecular complexity index is 1020. The van der Waals surface area contributed by atoms with Crippen LogP contribution in [0.3, 0.4) is 0 Å². The van der Waals surface area contributed by atoms with Crippen LogP contribution in [-0.4, -0.2) is 54.8 Å². The van der Waals surface area contributed by atoms with Crippen molar-refractivity contribution in [2.24, 2.45) is 0 Å². The molecule has 0 atom stereocenters. The van der Waals surface area contributed by atoms with Crippen molar-refractivity contribution in [3.8, 4) is 0 Å². The van der Waals surface area contributed by atoms with Gasteiger partial charge in [-0.2, -0.15) is 4.31 Å². The third-order valence-corrected chi connectivity index (χ3v) is 6.72. The molecular formula is C19H19FN4O3S. The summed E-state index contributed by atoms with van der Waals surface area (Å²) in [6, 6.07) is 9.11. The second-order valence-corrected chi connectivity index (χ2v) is 8.71. The maximum atomic E-state index is 13.7. The van der Waals surface area contributed by atoms with Crippen LogP contribution >= 0.6 is 0 Å². The summed E-state index contributed by atoms with van der Waals surface area (Å²) in [6.45, 7) is 1.39. The van der Waals surface area contributed by atoms with Crippen molar-refractivity contribution in [1.29, 1.82) is 0 Å². The molecule has 146 valence electrons. The Balaban J connectivity index is 1.34. The molecule has 0 aliphatic carbocycles. The second-order valence-electron chi connectivity index (χ2n) is 6.78. The van der Waals surface area contributed by atoms with Gasteiger partial charge in [-0.15, -0.1) is 0 Å². The number of rotatable bonds is 4. The van der Waals surface area contributed by atoms with E-state index in [-0.39, 0.29) is 36.4 Å². The molecule has 0 radical (unpaired) electrons. The predicted octanol–water partition coefficient (Wildman–Crippen LogP) is 1.75. The molecule has 2 aliphatic rings. The number of benzene rings is 1. The number of hydrogen-bond acceptors (Lipinski definition) is 4. The van der Waals surface area contributed by atoms with E-state index in [0.29, 0.717) is 18.7 Å². The molecule has 3 heterocycles. The molecule has 9 heteroatoms. The molecule has 0 unspecified atom stereocenters. The molecule has 28 heavy (non-hydrogen) atoms. The lowest BCUT2D eigenvalue weighted by atomic mass is 10.2. The standard InChI is InChI=1S/C19H19FN4O3S/c20-18-6-2-1-4-14(18)8-22-19(25)23-10-15-12-24(13-16(15)11-23)28(26,27)17-5-3-7-21-9-17/h1-7,9H,8,10-13H2,(H,22,25). The number of halogens is 1. The van der Waals surface area contributed by atoms with Gasteiger partial charge >= 0.3 is 6.03 Å². The zero-order valence-electron chi connectivity index (χ0n) is 15.0. The van der Waals surface area contributed by atoms with Crippen molar-refractivity contribution in [3.05, 3.63) is 71.3 Å². The molecule has 2 aromatic rings. The number of nitrogens with one attached hydrogen (secondary N) is 1. The number of hydrogen-bond donors (Lipinski definition) is 1. The minimum absolute atomic E-state index is 0.105. The summed E-state index contributed by atoms with van der Waals surface area (Å²) >= 11 is 0. The van der Waals surface area contributed by atoms with E-state index in [1.165, 1.54) is 28.8 Å². The van der Waals surface area contributed by atoms with Crippen LogP contribution in [-0.2, 0) is 16.6 Å². The highest BCUT2D eigenvalue weighted by Gasteiger charge is 2.37. The number of amides is 2. The van der Waals surface area contributed by atoms with Gasteiger partial charge in [0.1, 0.15) is 10.7 Å². The van der Waals surface area contributed by atoms with Gasteiger partial charge < -0.3 is 10.2 Å². The highest BCUT2D eigenvalue weighted by molar-refractivity contribution is 7.89. The van der Waals surface area contributed by atoms with Crippen molar-refractivity contribution in [2.45, 2.75) is 11.4 Å². The fourth-order valence-corrected chi connectivity index (χ4v) is 4.83. The molecule has 2 amide bonds. The quantitative estimate of drug-likeness (QED) is 0.790. The number of pyridine rings is 1. The second kappa shape index (κ2) is 7.33. The number of urea groups is 1. The molecule has 1 aromatic heterocycles. The first kappa shape index (κ1) is 18.6. The molecule has 0 saturated heterocycles. The summed E-state index contributed by atoms with van der Waals surface area (Å²) in [7, 11) is -3.60. The SMILES string of the molecule is O=C(NCc1ccccc1F)N1CC2=C(C1)CN(S(=O)(=O)c1cccnc1)C2. The lowest BCUT2D eigenvalue weighted by Gasteiger charge is -2.23. The lowest BCUT2D eigenvalue weighted by Crippen LogP contribution is -2.41. The third-order valence-electron chi connectivity index (χ3n) is 4.95. The number of carbonyl (C=O) groups is 1. The minimum atomic E-state index is -3.60. The van der Waals surface area contributed by atoms with Crippen LogP contribution in [0.5, 0.6) is 0 Å². The molecule has 1 N–H and O–H groups in total. The Morgan fingerprint density at radius 1 is 1.07 bits per heavy atom. The average Bonchev–Trinajstić information content (AvgIpc) is 3.28. The van der Waals surface area contributed by atoms with Crippen molar-refractivity contribution >= 4 is 16.1 Å². The molecule has 7 nitrogen and oxygen atoms in total. The zero-order chi connectivity index (χ0) is 19.7. The molecular weight excluding hydrogens is 383 g/mol. The van der Waals surface area contributed by atoms with Gasteiger partial charge in [-0.3, -0.25) is 4.98 Å². The molecule has 1 aromatic carbocycles. The van der Waals surface area contributed by atoms with Gasteiger partial charge in [0.25, 0.3) is 0 Å². The number of nitrogens with zero attached hydrogens (tertiary/aromatic N) is 3. The van der Waals surface area contributed by atoms with Crippen LogP contribution in [0.15, 0.2) is 64.8 Å². The van der Waals surface area contributed by atoms with Gasteiger partial charge in [-0.1, -0.05) is 18.2 Å².